The first kappa shape index (κ1) is 35.2. The zero-order valence-electron chi connectivity index (χ0n) is 26.6. The third kappa shape index (κ3) is 11.6. The van der Waals surface area contributed by atoms with E-state index in [-0.39, 0.29) is 12.2 Å². The molecule has 3 aromatic rings. The number of alkyl halides is 2. The van der Waals surface area contributed by atoms with Gasteiger partial charge in [-0.3, -0.25) is 19.8 Å². The van der Waals surface area contributed by atoms with Gasteiger partial charge in [0.15, 0.2) is 6.10 Å². The lowest BCUT2D eigenvalue weighted by molar-refractivity contribution is -0.128. The second-order valence-corrected chi connectivity index (χ2v) is 11.8. The van der Waals surface area contributed by atoms with Gasteiger partial charge >= 0.3 is 6.09 Å². The van der Waals surface area contributed by atoms with Gasteiger partial charge < -0.3 is 24.8 Å². The first-order chi connectivity index (χ1) is 22.5. The standard InChI is InChI=1S/C35H40F2N4O6/c1-35(2,3)47-34(44)40-29-7-5-4-6-28(29)39-30(42)17-10-24-8-11-25(12-9-24)31(46-23-20-41-18-21-45-22-19-41)33(43)38-27-15-13-26(14-16-27)32(36)37/h4-17,31-32H,18-23H2,1-3H3,(H,38,43)(H,39,42)(H,40,44)/b17-10+. The van der Waals surface area contributed by atoms with Crippen molar-refractivity contribution in [1.82, 2.24) is 4.90 Å². The summed E-state index contributed by atoms with van der Waals surface area (Å²) in [5.74, 6) is -0.868. The number of anilines is 3. The van der Waals surface area contributed by atoms with Crippen LogP contribution in [0.2, 0.25) is 0 Å². The lowest BCUT2D eigenvalue weighted by Crippen LogP contribution is -2.38. The average molecular weight is 651 g/mol. The molecule has 0 aliphatic carbocycles. The summed E-state index contributed by atoms with van der Waals surface area (Å²) >= 11 is 0. The van der Waals surface area contributed by atoms with Crippen LogP contribution in [0.4, 0.5) is 30.6 Å². The van der Waals surface area contributed by atoms with Crippen LogP contribution in [0, 0.1) is 0 Å². The molecule has 1 unspecified atom stereocenters. The molecule has 1 aliphatic heterocycles. The van der Waals surface area contributed by atoms with E-state index in [1.807, 2.05) is 0 Å². The van der Waals surface area contributed by atoms with E-state index < -0.39 is 36.0 Å². The quantitative estimate of drug-likeness (QED) is 0.188. The number of carbonyl (C=O) groups excluding carboxylic acids is 3. The highest BCUT2D eigenvalue weighted by Crippen LogP contribution is 2.25. The Hall–Kier alpha value is -4.65. The van der Waals surface area contributed by atoms with Gasteiger partial charge in [-0.1, -0.05) is 48.5 Å². The van der Waals surface area contributed by atoms with Crippen molar-refractivity contribution in [3.63, 3.8) is 0 Å². The third-order valence-corrected chi connectivity index (χ3v) is 6.95. The maximum absolute atomic E-state index is 13.3. The van der Waals surface area contributed by atoms with E-state index in [2.05, 4.69) is 20.9 Å². The van der Waals surface area contributed by atoms with Crippen molar-refractivity contribution >= 4 is 41.0 Å². The molecule has 1 saturated heterocycles. The van der Waals surface area contributed by atoms with Gasteiger partial charge in [0.2, 0.25) is 5.91 Å². The van der Waals surface area contributed by atoms with Crippen LogP contribution < -0.4 is 16.0 Å². The van der Waals surface area contributed by atoms with Crippen LogP contribution >= 0.6 is 0 Å². The van der Waals surface area contributed by atoms with Crippen LogP contribution in [0.15, 0.2) is 78.9 Å². The smallest absolute Gasteiger partial charge is 0.412 e. The number of ether oxygens (including phenoxy) is 3. The number of nitrogens with one attached hydrogen (secondary N) is 3. The number of halogens is 2. The molecular weight excluding hydrogens is 610 g/mol. The normalized spacial score (nSPS) is 14.5. The molecule has 0 saturated carbocycles. The molecule has 1 aliphatic rings. The summed E-state index contributed by atoms with van der Waals surface area (Å²) in [4.78, 5) is 40.5. The van der Waals surface area contributed by atoms with Crippen molar-refractivity contribution in [2.45, 2.75) is 38.9 Å². The zero-order valence-corrected chi connectivity index (χ0v) is 26.6. The van der Waals surface area contributed by atoms with Gasteiger partial charge in [0.25, 0.3) is 12.3 Å². The molecule has 3 N–H and O–H groups in total. The Morgan fingerprint density at radius 3 is 2.11 bits per heavy atom. The molecule has 1 fully saturated rings. The second-order valence-electron chi connectivity index (χ2n) is 11.8. The zero-order chi connectivity index (χ0) is 33.8. The molecule has 3 amide bonds. The minimum absolute atomic E-state index is 0.139. The molecule has 3 aromatic carbocycles. The number of benzene rings is 3. The molecule has 1 heterocycles. The van der Waals surface area contributed by atoms with E-state index in [0.29, 0.717) is 47.9 Å². The van der Waals surface area contributed by atoms with Crippen molar-refractivity contribution in [3.8, 4) is 0 Å². The first-order valence-electron chi connectivity index (χ1n) is 15.3. The predicted octanol–water partition coefficient (Wildman–Crippen LogP) is 6.65. The molecule has 0 bridgehead atoms. The summed E-state index contributed by atoms with van der Waals surface area (Å²) in [7, 11) is 0. The number of morpholine rings is 1. The molecule has 1 atom stereocenters. The molecule has 10 nitrogen and oxygen atoms in total. The molecule has 0 aromatic heterocycles. The van der Waals surface area contributed by atoms with Crippen molar-refractivity contribution < 1.29 is 37.4 Å². The van der Waals surface area contributed by atoms with Crippen molar-refractivity contribution in [3.05, 3.63) is 95.6 Å². The van der Waals surface area contributed by atoms with Gasteiger partial charge in [0.1, 0.15) is 5.60 Å². The molecular formula is C35H40F2N4O6. The van der Waals surface area contributed by atoms with Crippen LogP contribution in [0.1, 0.15) is 50.0 Å². The van der Waals surface area contributed by atoms with Crippen molar-refractivity contribution in [2.24, 2.45) is 0 Å². The fourth-order valence-electron chi connectivity index (χ4n) is 4.61. The van der Waals surface area contributed by atoms with Gasteiger partial charge in [0, 0.05) is 37.0 Å². The highest BCUT2D eigenvalue weighted by Gasteiger charge is 2.23. The van der Waals surface area contributed by atoms with Gasteiger partial charge in [-0.05, 0) is 62.2 Å². The molecule has 12 heteroatoms. The number of para-hydroxylation sites is 2. The monoisotopic (exact) mass is 650 g/mol. The minimum atomic E-state index is -2.60. The van der Waals surface area contributed by atoms with Crippen molar-refractivity contribution in [2.75, 3.05) is 55.4 Å². The van der Waals surface area contributed by atoms with E-state index in [4.69, 9.17) is 14.2 Å². The topological polar surface area (TPSA) is 118 Å². The number of carbonyl (C=O) groups is 3. The lowest BCUT2D eigenvalue weighted by atomic mass is 10.1. The Morgan fingerprint density at radius 2 is 1.49 bits per heavy atom. The maximum Gasteiger partial charge on any atom is 0.412 e. The Kier molecular flexibility index (Phi) is 12.6. The largest absolute Gasteiger partial charge is 0.444 e. The minimum Gasteiger partial charge on any atom is -0.444 e. The summed E-state index contributed by atoms with van der Waals surface area (Å²) in [6.07, 6.45) is -1.25. The fraction of sp³-hybridized carbons (Fsp3) is 0.343. The van der Waals surface area contributed by atoms with E-state index in [1.54, 1.807) is 75.4 Å². The lowest BCUT2D eigenvalue weighted by Gasteiger charge is -2.27. The first-order valence-corrected chi connectivity index (χ1v) is 15.3. The van der Waals surface area contributed by atoms with E-state index in [1.165, 1.54) is 30.3 Å². The highest BCUT2D eigenvalue weighted by molar-refractivity contribution is 6.05. The number of hydrogen-bond acceptors (Lipinski definition) is 7. The molecule has 0 radical (unpaired) electrons. The molecule has 4 rings (SSSR count). The van der Waals surface area contributed by atoms with E-state index >= 15 is 0 Å². The maximum atomic E-state index is 13.3. The predicted molar refractivity (Wildman–Crippen MR) is 176 cm³/mol. The summed E-state index contributed by atoms with van der Waals surface area (Å²) in [6, 6.07) is 19.1. The van der Waals surface area contributed by atoms with Gasteiger partial charge in [-0.15, -0.1) is 0 Å². The van der Waals surface area contributed by atoms with Crippen LogP contribution in [-0.4, -0.2) is 67.9 Å². The van der Waals surface area contributed by atoms with E-state index in [9.17, 15) is 23.2 Å². The van der Waals surface area contributed by atoms with Gasteiger partial charge in [-0.25, -0.2) is 13.6 Å². The molecule has 47 heavy (non-hydrogen) atoms. The third-order valence-electron chi connectivity index (χ3n) is 6.95. The Morgan fingerprint density at radius 1 is 0.872 bits per heavy atom. The summed E-state index contributed by atoms with van der Waals surface area (Å²) < 4.78 is 42.7. The van der Waals surface area contributed by atoms with Crippen LogP contribution in [-0.2, 0) is 23.8 Å². The molecule has 250 valence electrons. The van der Waals surface area contributed by atoms with Crippen molar-refractivity contribution in [1.29, 1.82) is 0 Å². The summed E-state index contributed by atoms with van der Waals surface area (Å²) in [6.45, 7) is 9.00. The van der Waals surface area contributed by atoms with Crippen LogP contribution in [0.3, 0.4) is 0 Å². The van der Waals surface area contributed by atoms with Crippen LogP contribution in [0.5, 0.6) is 0 Å². The Labute approximate surface area is 273 Å². The molecule has 0 spiro atoms. The van der Waals surface area contributed by atoms with Crippen LogP contribution in [0.25, 0.3) is 6.08 Å². The second kappa shape index (κ2) is 16.8. The number of rotatable bonds is 12. The van der Waals surface area contributed by atoms with E-state index in [0.717, 1.165) is 13.1 Å². The Balaban J connectivity index is 1.41. The van der Waals surface area contributed by atoms with Gasteiger partial charge in [-0.2, -0.15) is 0 Å². The number of amides is 3. The van der Waals surface area contributed by atoms with Gasteiger partial charge in [0.05, 0.1) is 31.2 Å². The number of nitrogens with zero attached hydrogens (tertiary/aromatic N) is 1. The average Bonchev–Trinajstić information content (AvgIpc) is 3.03. The fourth-order valence-corrected chi connectivity index (χ4v) is 4.61. The number of hydrogen-bond donors (Lipinski definition) is 3. The SMILES string of the molecule is CC(C)(C)OC(=O)Nc1ccccc1NC(=O)/C=C/c1ccc(C(OCCN2CCOCC2)C(=O)Nc2ccc(C(F)F)cc2)cc1. The summed E-state index contributed by atoms with van der Waals surface area (Å²) in [5.41, 5.74) is 1.61. The summed E-state index contributed by atoms with van der Waals surface area (Å²) in [5, 5.41) is 8.16. The Bertz CT molecular complexity index is 1520. The highest BCUT2D eigenvalue weighted by atomic mass is 19.3.